The molecule has 1 saturated heterocycles. The number of carbonyl (C=O) groups excluding carboxylic acids is 1. The maximum atomic E-state index is 13.7. The fourth-order valence-corrected chi connectivity index (χ4v) is 4.68. The van der Waals surface area contributed by atoms with Crippen LogP contribution in [-0.2, 0) is 15.6 Å². The molecule has 6 nitrogen and oxygen atoms in total. The molecule has 2 fully saturated rings. The Hall–Kier alpha value is -1.42. The van der Waals surface area contributed by atoms with E-state index < -0.39 is 28.9 Å². The Morgan fingerprint density at radius 1 is 1.21 bits per heavy atom. The predicted molar refractivity (Wildman–Crippen MR) is 104 cm³/mol. The first kappa shape index (κ1) is 22.3. The van der Waals surface area contributed by atoms with Gasteiger partial charge in [0.1, 0.15) is 17.0 Å². The highest BCUT2D eigenvalue weighted by molar-refractivity contribution is 7.84. The van der Waals surface area contributed by atoms with E-state index in [4.69, 9.17) is 11.6 Å². The molecule has 0 bridgehead atoms. The summed E-state index contributed by atoms with van der Waals surface area (Å²) in [4.78, 5) is 21.6. The van der Waals surface area contributed by atoms with Gasteiger partial charge in [-0.25, -0.2) is 9.97 Å². The minimum absolute atomic E-state index is 0.0623. The van der Waals surface area contributed by atoms with Crippen molar-refractivity contribution in [2.24, 2.45) is 5.92 Å². The smallest absolute Gasteiger partial charge is 0.353 e. The van der Waals surface area contributed by atoms with Gasteiger partial charge in [-0.3, -0.25) is 9.00 Å². The van der Waals surface area contributed by atoms with Crippen LogP contribution in [-0.4, -0.2) is 51.1 Å². The van der Waals surface area contributed by atoms with Gasteiger partial charge in [-0.15, -0.1) is 0 Å². The molecule has 1 aromatic rings. The molecular weight excluding hydrogens is 429 g/mol. The minimum atomic E-state index is -4.49. The fraction of sp³-hybridized carbons (Fsp3) is 0.722. The number of anilines is 1. The maximum Gasteiger partial charge on any atom is 0.408 e. The first-order chi connectivity index (χ1) is 13.6. The fourth-order valence-electron chi connectivity index (χ4n) is 4.01. The molecule has 29 heavy (non-hydrogen) atoms. The number of rotatable bonds is 4. The topological polar surface area (TPSA) is 75.2 Å². The second-order valence-electron chi connectivity index (χ2n) is 7.61. The van der Waals surface area contributed by atoms with Gasteiger partial charge in [0.05, 0.1) is 16.7 Å². The molecule has 1 N–H and O–H groups in total. The average Bonchev–Trinajstić information content (AvgIpc) is 2.67. The molecule has 1 saturated carbocycles. The Balaban J connectivity index is 1.82. The van der Waals surface area contributed by atoms with Crippen LogP contribution >= 0.6 is 11.6 Å². The molecule has 3 rings (SSSR count). The van der Waals surface area contributed by atoms with Crippen molar-refractivity contribution in [3.8, 4) is 0 Å². The summed E-state index contributed by atoms with van der Waals surface area (Å²) in [5.41, 5.74) is 0. The highest BCUT2D eigenvalue weighted by atomic mass is 35.5. The van der Waals surface area contributed by atoms with E-state index in [1.807, 2.05) is 0 Å². The second kappa shape index (κ2) is 9.16. The number of carbonyl (C=O) groups is 1. The van der Waals surface area contributed by atoms with Crippen LogP contribution in [0, 0.1) is 5.92 Å². The van der Waals surface area contributed by atoms with E-state index in [1.165, 1.54) is 12.3 Å². The highest BCUT2D eigenvalue weighted by Gasteiger charge is 2.48. The van der Waals surface area contributed by atoms with Crippen molar-refractivity contribution in [2.45, 2.75) is 68.4 Å². The van der Waals surface area contributed by atoms with E-state index in [0.29, 0.717) is 0 Å². The van der Waals surface area contributed by atoms with Crippen molar-refractivity contribution in [3.05, 3.63) is 11.2 Å². The van der Waals surface area contributed by atoms with Gasteiger partial charge in [0.2, 0.25) is 11.1 Å². The highest BCUT2D eigenvalue weighted by Crippen LogP contribution is 2.37. The minimum Gasteiger partial charge on any atom is -0.353 e. The molecule has 11 heteroatoms. The third kappa shape index (κ3) is 5.59. The molecule has 162 valence electrons. The van der Waals surface area contributed by atoms with Crippen molar-refractivity contribution in [1.82, 2.24) is 15.3 Å². The van der Waals surface area contributed by atoms with Crippen molar-refractivity contribution >= 4 is 34.1 Å². The summed E-state index contributed by atoms with van der Waals surface area (Å²) >= 11 is 5.93. The van der Waals surface area contributed by atoms with Crippen LogP contribution in [0.15, 0.2) is 11.2 Å². The summed E-state index contributed by atoms with van der Waals surface area (Å²) in [5.74, 6) is -0.866. The van der Waals surface area contributed by atoms with E-state index >= 15 is 0 Å². The van der Waals surface area contributed by atoms with Gasteiger partial charge in [0.15, 0.2) is 0 Å². The Morgan fingerprint density at radius 2 is 1.90 bits per heavy atom. The van der Waals surface area contributed by atoms with E-state index in [9.17, 15) is 22.2 Å². The molecule has 1 aromatic heterocycles. The molecule has 0 spiro atoms. The number of alkyl halides is 3. The molecule has 1 aliphatic carbocycles. The Labute approximate surface area is 175 Å². The molecule has 3 unspecified atom stereocenters. The van der Waals surface area contributed by atoms with Crippen molar-refractivity contribution in [3.63, 3.8) is 0 Å². The third-order valence-electron chi connectivity index (χ3n) is 5.49. The van der Waals surface area contributed by atoms with Crippen LogP contribution in [0.3, 0.4) is 0 Å². The number of nitrogens with one attached hydrogen (secondary N) is 1. The van der Waals surface area contributed by atoms with Crippen LogP contribution < -0.4 is 10.2 Å². The van der Waals surface area contributed by atoms with Gasteiger partial charge < -0.3 is 10.2 Å². The number of amides is 1. The second-order valence-corrected chi connectivity index (χ2v) is 9.27. The molecule has 0 aromatic carbocycles. The molecule has 2 aliphatic rings. The standard InChI is InChI=1S/C18H24ClF3N4O2S/c1-29(28)17-24-14(19)9-15(25-17)26-10-11(7-8-13(26)18(20,21)22)16(27)23-12-5-3-2-4-6-12/h9,11-13H,2-8,10H2,1H3,(H,23,27). The Kier molecular flexibility index (Phi) is 7.03. The van der Waals surface area contributed by atoms with Gasteiger partial charge in [0, 0.05) is 24.9 Å². The number of piperidine rings is 1. The lowest BCUT2D eigenvalue weighted by atomic mass is 9.90. The van der Waals surface area contributed by atoms with Gasteiger partial charge in [-0.1, -0.05) is 30.9 Å². The van der Waals surface area contributed by atoms with Crippen molar-refractivity contribution in [1.29, 1.82) is 0 Å². The molecule has 1 aliphatic heterocycles. The van der Waals surface area contributed by atoms with E-state index in [0.717, 1.165) is 37.0 Å². The zero-order valence-electron chi connectivity index (χ0n) is 16.0. The van der Waals surface area contributed by atoms with Gasteiger partial charge >= 0.3 is 6.18 Å². The SMILES string of the molecule is CS(=O)c1nc(Cl)cc(N2CC(C(=O)NC3CCCCC3)CCC2C(F)(F)F)n1. The predicted octanol–water partition coefficient (Wildman–Crippen LogP) is 3.46. The van der Waals surface area contributed by atoms with E-state index in [2.05, 4.69) is 15.3 Å². The Bertz CT molecular complexity index is 774. The molecule has 2 heterocycles. The average molecular weight is 453 g/mol. The summed E-state index contributed by atoms with van der Waals surface area (Å²) < 4.78 is 52.7. The van der Waals surface area contributed by atoms with Gasteiger partial charge in [0.25, 0.3) is 0 Å². The first-order valence-corrected chi connectivity index (χ1v) is 11.6. The third-order valence-corrected chi connectivity index (χ3v) is 6.38. The van der Waals surface area contributed by atoms with Crippen molar-refractivity contribution in [2.75, 3.05) is 17.7 Å². The maximum absolute atomic E-state index is 13.7. The van der Waals surface area contributed by atoms with E-state index in [1.54, 1.807) is 0 Å². The summed E-state index contributed by atoms with van der Waals surface area (Å²) in [6.45, 7) is -0.133. The van der Waals surface area contributed by atoms with Crippen molar-refractivity contribution < 1.29 is 22.2 Å². The van der Waals surface area contributed by atoms with Crippen LogP contribution in [0.4, 0.5) is 19.0 Å². The van der Waals surface area contributed by atoms with Crippen LogP contribution in [0.5, 0.6) is 0 Å². The normalized spacial score (nSPS) is 24.9. The lowest BCUT2D eigenvalue weighted by Crippen LogP contribution is -2.55. The summed E-state index contributed by atoms with van der Waals surface area (Å²) in [5, 5.41) is 2.78. The zero-order valence-corrected chi connectivity index (χ0v) is 17.6. The largest absolute Gasteiger partial charge is 0.408 e. The summed E-state index contributed by atoms with van der Waals surface area (Å²) in [7, 11) is -1.60. The van der Waals surface area contributed by atoms with E-state index in [-0.39, 0.29) is 47.5 Å². The van der Waals surface area contributed by atoms with Crippen LogP contribution in [0.25, 0.3) is 0 Å². The number of halogens is 4. The summed E-state index contributed by atoms with van der Waals surface area (Å²) in [6.07, 6.45) is 1.81. The number of aromatic nitrogens is 2. The quantitative estimate of drug-likeness (QED) is 0.559. The monoisotopic (exact) mass is 452 g/mol. The number of hydrogen-bond donors (Lipinski definition) is 1. The molecule has 3 atom stereocenters. The number of nitrogens with zero attached hydrogens (tertiary/aromatic N) is 3. The van der Waals surface area contributed by atoms with Gasteiger partial charge in [-0.05, 0) is 25.7 Å². The number of hydrogen-bond acceptors (Lipinski definition) is 5. The first-order valence-electron chi connectivity index (χ1n) is 9.67. The molecule has 0 radical (unpaired) electrons. The summed E-state index contributed by atoms with van der Waals surface area (Å²) in [6, 6.07) is -0.476. The zero-order chi connectivity index (χ0) is 21.2. The molecular formula is C18H24ClF3N4O2S. The lowest BCUT2D eigenvalue weighted by molar-refractivity contribution is -0.156. The molecule has 1 amide bonds. The Morgan fingerprint density at radius 3 is 2.52 bits per heavy atom. The lowest BCUT2D eigenvalue weighted by Gasteiger charge is -2.41. The van der Waals surface area contributed by atoms with Crippen LogP contribution in [0.1, 0.15) is 44.9 Å². The van der Waals surface area contributed by atoms with Crippen LogP contribution in [0.2, 0.25) is 5.15 Å². The van der Waals surface area contributed by atoms with Gasteiger partial charge in [-0.2, -0.15) is 13.2 Å².